The van der Waals surface area contributed by atoms with Gasteiger partial charge in [-0.15, -0.1) is 11.3 Å². The predicted octanol–water partition coefficient (Wildman–Crippen LogP) is 4.20. The van der Waals surface area contributed by atoms with Gasteiger partial charge in [-0.25, -0.2) is 19.7 Å². The van der Waals surface area contributed by atoms with Gasteiger partial charge in [0.2, 0.25) is 23.7 Å². The van der Waals surface area contributed by atoms with Crippen LogP contribution in [0.5, 0.6) is 0 Å². The number of nitrogens with zero attached hydrogens (tertiary/aromatic N) is 4. The molecular formula is C44H47FN10O5S. The van der Waals surface area contributed by atoms with E-state index in [0.717, 1.165) is 45.1 Å². The Hall–Kier alpha value is -6.58. The first kappa shape index (κ1) is 44.0. The first-order valence-corrected chi connectivity index (χ1v) is 20.6. The molecule has 6 rings (SSSR count). The summed E-state index contributed by atoms with van der Waals surface area (Å²) in [6.07, 6.45) is 3.75. The fourth-order valence-corrected chi connectivity index (χ4v) is 7.47. The van der Waals surface area contributed by atoms with Gasteiger partial charge in [0.1, 0.15) is 17.8 Å². The van der Waals surface area contributed by atoms with Crippen LogP contribution < -0.4 is 32.3 Å². The van der Waals surface area contributed by atoms with Crippen LogP contribution in [0.25, 0.3) is 10.4 Å². The van der Waals surface area contributed by atoms with Gasteiger partial charge in [-0.1, -0.05) is 42.3 Å². The lowest BCUT2D eigenvalue weighted by atomic mass is 10.1. The number of aliphatic hydroxyl groups is 1. The Labute approximate surface area is 356 Å². The minimum atomic E-state index is -0.818. The largest absolute Gasteiger partial charge is 0.392 e. The van der Waals surface area contributed by atoms with Crippen LogP contribution in [-0.2, 0) is 34.1 Å². The minimum absolute atomic E-state index is 0.100. The van der Waals surface area contributed by atoms with E-state index in [2.05, 4.69) is 53.4 Å². The Bertz CT molecular complexity index is 2400. The van der Waals surface area contributed by atoms with E-state index in [1.165, 1.54) is 11.1 Å². The van der Waals surface area contributed by atoms with Gasteiger partial charge in [-0.2, -0.15) is 4.39 Å². The Balaban J connectivity index is 0.885. The van der Waals surface area contributed by atoms with E-state index >= 15 is 0 Å². The fourth-order valence-electron chi connectivity index (χ4n) is 6.66. The fraction of sp³-hybridized carbons (Fsp3) is 0.295. The zero-order valence-corrected chi connectivity index (χ0v) is 34.5. The number of rotatable bonds is 15. The monoisotopic (exact) mass is 846 g/mol. The van der Waals surface area contributed by atoms with Crippen LogP contribution in [0.1, 0.15) is 59.8 Å². The lowest BCUT2D eigenvalue weighted by molar-refractivity contribution is -0.141. The molecule has 8 N–H and O–H groups in total. The van der Waals surface area contributed by atoms with Crippen molar-refractivity contribution >= 4 is 46.5 Å². The van der Waals surface area contributed by atoms with E-state index in [1.54, 1.807) is 30.4 Å². The van der Waals surface area contributed by atoms with Gasteiger partial charge in [0, 0.05) is 67.4 Å². The number of hydrogen-bond acceptors (Lipinski definition) is 11. The Morgan fingerprint density at radius 1 is 0.984 bits per heavy atom. The number of hydrogen-bond donors (Lipinski definition) is 7. The molecule has 1 aliphatic rings. The van der Waals surface area contributed by atoms with Gasteiger partial charge in [0.05, 0.1) is 28.4 Å². The van der Waals surface area contributed by atoms with Gasteiger partial charge in [0.15, 0.2) is 0 Å². The van der Waals surface area contributed by atoms with Gasteiger partial charge < -0.3 is 42.3 Å². The number of urea groups is 1. The zero-order valence-electron chi connectivity index (χ0n) is 33.7. The number of benzene rings is 2. The quantitative estimate of drug-likeness (QED) is 0.0453. The SMILES string of the molecule is Cc1ncsc1-c1ccc(CNC(=O)[C@@H]2C[C@@H](N)CN2C(=O)[C@H](C)NC(=O)CCCNCc2ccc(C#Cc3cc(NC(=O)Nc4cc(F)ncc4CO)ccn3)cc2)cc1. The van der Waals surface area contributed by atoms with Crippen molar-refractivity contribution in [1.82, 2.24) is 35.8 Å². The Morgan fingerprint density at radius 2 is 1.74 bits per heavy atom. The topological polar surface area (TPSA) is 217 Å². The normalized spacial score (nSPS) is 15.0. The number of nitrogens with two attached hydrogens (primary N) is 1. The number of likely N-dealkylation sites (tertiary alicyclic amines) is 1. The van der Waals surface area contributed by atoms with Crippen LogP contribution in [0.4, 0.5) is 20.6 Å². The molecular weight excluding hydrogens is 800 g/mol. The molecule has 0 saturated carbocycles. The standard InChI is InChI=1S/C44H47FN10O5S/c1-27-41(61-26-51-27)32-12-9-31(10-13-32)22-50-42(58)38-18-34(46)24-55(38)43(59)28(2)52-40(57)4-3-16-47-21-30-7-5-29(6-8-30)11-14-35-19-36(15-17-48-35)53-44(60)54-37-20-39(45)49-23-33(37)25-56/h5-10,12-13,15,17,19-20,23,26,28,34,38,47,56H,3-4,16,18,21-22,24-25,46H2,1-2H3,(H,50,58)(H,52,57)(H2,48,49,53,54,60)/t28-,34+,38-/m0/s1. The number of aromatic nitrogens is 3. The van der Waals surface area contributed by atoms with Gasteiger partial charge >= 0.3 is 6.03 Å². The summed E-state index contributed by atoms with van der Waals surface area (Å²) >= 11 is 1.58. The van der Waals surface area contributed by atoms with Crippen molar-refractivity contribution in [3.8, 4) is 22.3 Å². The smallest absolute Gasteiger partial charge is 0.323 e. The molecule has 2 aromatic carbocycles. The van der Waals surface area contributed by atoms with Crippen molar-refractivity contribution in [3.63, 3.8) is 0 Å². The van der Waals surface area contributed by atoms with E-state index < -0.39 is 30.7 Å². The lowest BCUT2D eigenvalue weighted by Gasteiger charge is -2.27. The highest BCUT2D eigenvalue weighted by molar-refractivity contribution is 7.13. The summed E-state index contributed by atoms with van der Waals surface area (Å²) in [6, 6.07) is 17.2. The van der Waals surface area contributed by atoms with E-state index in [4.69, 9.17) is 5.73 Å². The molecule has 4 heterocycles. The summed E-state index contributed by atoms with van der Waals surface area (Å²) in [5.74, 6) is 4.34. The first-order chi connectivity index (χ1) is 29.4. The second-order valence-electron chi connectivity index (χ2n) is 14.5. The summed E-state index contributed by atoms with van der Waals surface area (Å²) in [6.45, 7) is 4.86. The number of thiazole rings is 1. The molecule has 0 aliphatic carbocycles. The van der Waals surface area contributed by atoms with Gasteiger partial charge in [-0.3, -0.25) is 14.4 Å². The lowest BCUT2D eigenvalue weighted by Crippen LogP contribution is -2.52. The number of amides is 5. The molecule has 1 fully saturated rings. The average molecular weight is 847 g/mol. The molecule has 316 valence electrons. The number of pyridine rings is 2. The maximum atomic E-state index is 13.5. The molecule has 3 aromatic heterocycles. The molecule has 0 radical (unpaired) electrons. The number of aryl methyl sites for hydroxylation is 1. The van der Waals surface area contributed by atoms with Crippen LogP contribution in [0.15, 0.2) is 84.6 Å². The van der Waals surface area contributed by atoms with E-state index in [-0.39, 0.29) is 48.0 Å². The van der Waals surface area contributed by atoms with E-state index in [0.29, 0.717) is 43.9 Å². The maximum Gasteiger partial charge on any atom is 0.323 e. The molecule has 61 heavy (non-hydrogen) atoms. The molecule has 0 spiro atoms. The van der Waals surface area contributed by atoms with Crippen LogP contribution in [0, 0.1) is 24.7 Å². The highest BCUT2D eigenvalue weighted by Crippen LogP contribution is 2.27. The predicted molar refractivity (Wildman–Crippen MR) is 230 cm³/mol. The summed E-state index contributed by atoms with van der Waals surface area (Å²) in [7, 11) is 0. The molecule has 1 saturated heterocycles. The highest BCUT2D eigenvalue weighted by Gasteiger charge is 2.39. The van der Waals surface area contributed by atoms with Crippen molar-refractivity contribution in [2.24, 2.45) is 5.73 Å². The second kappa shape index (κ2) is 21.1. The van der Waals surface area contributed by atoms with Crippen LogP contribution in [0.3, 0.4) is 0 Å². The maximum absolute atomic E-state index is 13.5. The number of aliphatic hydroxyl groups excluding tert-OH is 1. The summed E-state index contributed by atoms with van der Waals surface area (Å²) in [4.78, 5) is 66.5. The first-order valence-electron chi connectivity index (χ1n) is 19.7. The molecule has 15 nitrogen and oxygen atoms in total. The van der Waals surface area contributed by atoms with Crippen molar-refractivity contribution in [3.05, 3.63) is 124 Å². The van der Waals surface area contributed by atoms with Crippen LogP contribution in [-0.4, -0.2) is 79.9 Å². The third-order valence-corrected chi connectivity index (χ3v) is 10.8. The molecule has 5 amide bonds. The number of anilines is 2. The number of nitrogens with one attached hydrogen (secondary N) is 5. The molecule has 0 unspecified atom stereocenters. The molecule has 0 bridgehead atoms. The Morgan fingerprint density at radius 3 is 2.48 bits per heavy atom. The Kier molecular flexibility index (Phi) is 15.2. The van der Waals surface area contributed by atoms with Gasteiger partial charge in [0.25, 0.3) is 0 Å². The third-order valence-electron chi connectivity index (χ3n) is 9.86. The molecule has 3 atom stereocenters. The third kappa shape index (κ3) is 12.5. The summed E-state index contributed by atoms with van der Waals surface area (Å²) in [5.41, 5.74) is 13.9. The van der Waals surface area contributed by atoms with E-state index in [1.807, 2.05) is 61.0 Å². The number of carbonyl (C=O) groups is 4. The number of halogens is 1. The van der Waals surface area contributed by atoms with Crippen LogP contribution in [0.2, 0.25) is 0 Å². The molecule has 5 aromatic rings. The summed E-state index contributed by atoms with van der Waals surface area (Å²) < 4.78 is 13.5. The minimum Gasteiger partial charge on any atom is -0.392 e. The van der Waals surface area contributed by atoms with Crippen molar-refractivity contribution < 1.29 is 28.7 Å². The molecule has 17 heteroatoms. The number of carbonyl (C=O) groups excluding carboxylic acids is 4. The zero-order chi connectivity index (χ0) is 43.3. The van der Waals surface area contributed by atoms with Gasteiger partial charge in [-0.05, 0) is 80.1 Å². The average Bonchev–Trinajstić information content (AvgIpc) is 3.87. The molecule has 1 aliphatic heterocycles. The van der Waals surface area contributed by atoms with E-state index in [9.17, 15) is 28.7 Å². The van der Waals surface area contributed by atoms with Crippen molar-refractivity contribution in [2.75, 3.05) is 23.7 Å². The van der Waals surface area contributed by atoms with Crippen molar-refractivity contribution in [2.45, 2.75) is 70.9 Å². The van der Waals surface area contributed by atoms with Crippen LogP contribution >= 0.6 is 11.3 Å². The van der Waals surface area contributed by atoms with Crippen molar-refractivity contribution in [1.29, 1.82) is 0 Å². The highest BCUT2D eigenvalue weighted by atomic mass is 32.1. The summed E-state index contributed by atoms with van der Waals surface area (Å²) in [5, 5.41) is 23.6. The second-order valence-corrected chi connectivity index (χ2v) is 15.4.